The van der Waals surface area contributed by atoms with Gasteiger partial charge in [0.2, 0.25) is 5.91 Å². The van der Waals surface area contributed by atoms with E-state index in [-0.39, 0.29) is 5.91 Å². The molecule has 1 heterocycles. The number of rotatable bonds is 2. The molecule has 1 amide bonds. The number of nitrogens with one attached hydrogen (secondary N) is 1. The molecule has 1 N–H and O–H groups in total. The fraction of sp³-hybridized carbons (Fsp3) is 0.333. The Morgan fingerprint density at radius 1 is 1.91 bits per heavy atom. The van der Waals surface area contributed by atoms with Gasteiger partial charge < -0.3 is 5.32 Å². The Kier molecular flexibility index (Phi) is 2.90. The van der Waals surface area contributed by atoms with Crippen LogP contribution in [0.3, 0.4) is 0 Å². The third-order valence-corrected chi connectivity index (χ3v) is 2.14. The lowest BCUT2D eigenvalue weighted by Gasteiger charge is -1.95. The van der Waals surface area contributed by atoms with Crippen LogP contribution in [0.4, 0.5) is 5.82 Å². The molecule has 1 rings (SSSR count). The number of hydrogen-bond acceptors (Lipinski definition) is 4. The Labute approximate surface area is 74.3 Å². The van der Waals surface area contributed by atoms with Gasteiger partial charge in [-0.1, -0.05) is 6.92 Å². The van der Waals surface area contributed by atoms with Crippen molar-refractivity contribution < 1.29 is 4.79 Å². The van der Waals surface area contributed by atoms with Gasteiger partial charge in [-0.15, -0.1) is 24.0 Å². The second kappa shape index (κ2) is 3.73. The minimum absolute atomic E-state index is 0.0244. The first kappa shape index (κ1) is 8.55. The molecule has 0 atom stereocenters. The minimum Gasteiger partial charge on any atom is -0.310 e. The summed E-state index contributed by atoms with van der Waals surface area (Å²) in [5.74, 6) is 0.565. The number of carbonyl (C=O) groups excluding carboxylic acids is 1. The number of nitrogens with zero attached hydrogens (tertiary/aromatic N) is 1. The smallest absolute Gasteiger partial charge is 0.225 e. The molecule has 0 spiro atoms. The van der Waals surface area contributed by atoms with Gasteiger partial charge in [-0.25, -0.2) is 4.98 Å². The molecular formula is C6H8N2OS2. The second-order valence-corrected chi connectivity index (χ2v) is 3.50. The van der Waals surface area contributed by atoms with E-state index in [2.05, 4.69) is 22.9 Å². The molecule has 0 aliphatic rings. The van der Waals surface area contributed by atoms with Crippen LogP contribution in [0, 0.1) is 0 Å². The topological polar surface area (TPSA) is 42.0 Å². The van der Waals surface area contributed by atoms with E-state index >= 15 is 0 Å². The van der Waals surface area contributed by atoms with Gasteiger partial charge in [0.15, 0.2) is 0 Å². The fourth-order valence-corrected chi connectivity index (χ4v) is 1.30. The maximum atomic E-state index is 10.8. The number of aromatic nitrogens is 1. The second-order valence-electron chi connectivity index (χ2n) is 1.92. The summed E-state index contributed by atoms with van der Waals surface area (Å²) in [4.78, 5) is 14.8. The Morgan fingerprint density at radius 2 is 2.64 bits per heavy atom. The van der Waals surface area contributed by atoms with Crippen molar-refractivity contribution in [1.82, 2.24) is 4.98 Å². The van der Waals surface area contributed by atoms with Crippen molar-refractivity contribution in [2.45, 2.75) is 17.7 Å². The van der Waals surface area contributed by atoms with Crippen LogP contribution in [0.15, 0.2) is 9.72 Å². The average Bonchev–Trinajstić information content (AvgIpc) is 2.35. The van der Waals surface area contributed by atoms with Crippen LogP contribution in [0.5, 0.6) is 0 Å². The lowest BCUT2D eigenvalue weighted by molar-refractivity contribution is -0.115. The van der Waals surface area contributed by atoms with Gasteiger partial charge in [-0.2, -0.15) is 0 Å². The van der Waals surface area contributed by atoms with Crippen molar-refractivity contribution in [1.29, 1.82) is 0 Å². The van der Waals surface area contributed by atoms with Crippen LogP contribution < -0.4 is 5.32 Å². The molecule has 0 fully saturated rings. The summed E-state index contributed by atoms with van der Waals surface area (Å²) in [7, 11) is 0. The Morgan fingerprint density at radius 3 is 3.09 bits per heavy atom. The number of amides is 1. The number of hydrogen-bond donors (Lipinski definition) is 2. The summed E-state index contributed by atoms with van der Waals surface area (Å²) in [5.41, 5.74) is 0. The molecule has 5 heteroatoms. The fourth-order valence-electron chi connectivity index (χ4n) is 0.553. The highest BCUT2D eigenvalue weighted by Crippen LogP contribution is 2.16. The normalized spacial score (nSPS) is 9.64. The van der Waals surface area contributed by atoms with Gasteiger partial charge in [-0.3, -0.25) is 4.79 Å². The molecule has 0 aromatic carbocycles. The van der Waals surface area contributed by atoms with E-state index in [9.17, 15) is 4.79 Å². The Hall–Kier alpha value is -0.550. The predicted molar refractivity (Wildman–Crippen MR) is 48.3 cm³/mol. The van der Waals surface area contributed by atoms with Crippen molar-refractivity contribution >= 4 is 35.7 Å². The molecule has 11 heavy (non-hydrogen) atoms. The molecule has 3 nitrogen and oxygen atoms in total. The predicted octanol–water partition coefficient (Wildman–Crippen LogP) is 1.78. The highest BCUT2D eigenvalue weighted by molar-refractivity contribution is 7.82. The molecule has 1 aromatic heterocycles. The van der Waals surface area contributed by atoms with E-state index < -0.39 is 0 Å². The SMILES string of the molecule is CCC(=O)Nc1csc(S)n1. The lowest BCUT2D eigenvalue weighted by atomic mass is 10.4. The number of anilines is 1. The number of thiazole rings is 1. The third kappa shape index (κ3) is 2.51. The standard InChI is InChI=1S/C6H8N2OS2/c1-2-5(9)7-4-3-11-6(10)8-4/h3H,2H2,1H3,(H,7,9)(H,8,10). The summed E-state index contributed by atoms with van der Waals surface area (Å²) < 4.78 is 0.663. The molecule has 0 saturated carbocycles. The molecule has 0 radical (unpaired) electrons. The van der Waals surface area contributed by atoms with Gasteiger partial charge in [0.05, 0.1) is 0 Å². The van der Waals surface area contributed by atoms with Crippen molar-refractivity contribution in [3.05, 3.63) is 5.38 Å². The van der Waals surface area contributed by atoms with Crippen molar-refractivity contribution in [2.24, 2.45) is 0 Å². The summed E-state index contributed by atoms with van der Waals surface area (Å²) in [5, 5.41) is 4.38. The molecule has 1 aromatic rings. The molecule has 0 aliphatic carbocycles. The van der Waals surface area contributed by atoms with Gasteiger partial charge in [0.25, 0.3) is 0 Å². The van der Waals surface area contributed by atoms with Crippen LogP contribution >= 0.6 is 24.0 Å². The average molecular weight is 188 g/mol. The van der Waals surface area contributed by atoms with E-state index in [4.69, 9.17) is 0 Å². The largest absolute Gasteiger partial charge is 0.310 e. The first-order valence-electron chi connectivity index (χ1n) is 3.16. The minimum atomic E-state index is -0.0244. The zero-order chi connectivity index (χ0) is 8.27. The highest BCUT2D eigenvalue weighted by Gasteiger charge is 2.01. The van der Waals surface area contributed by atoms with Crippen molar-refractivity contribution in [3.8, 4) is 0 Å². The van der Waals surface area contributed by atoms with Gasteiger partial charge in [0.1, 0.15) is 10.2 Å². The van der Waals surface area contributed by atoms with Crippen LogP contribution in [-0.2, 0) is 4.79 Å². The van der Waals surface area contributed by atoms with Crippen LogP contribution in [0.25, 0.3) is 0 Å². The maximum Gasteiger partial charge on any atom is 0.225 e. The van der Waals surface area contributed by atoms with E-state index in [1.54, 1.807) is 12.3 Å². The summed E-state index contributed by atoms with van der Waals surface area (Å²) in [6, 6.07) is 0. The molecular weight excluding hydrogens is 180 g/mol. The summed E-state index contributed by atoms with van der Waals surface area (Å²) in [6.45, 7) is 1.79. The van der Waals surface area contributed by atoms with E-state index in [1.807, 2.05) is 0 Å². The molecule has 0 bridgehead atoms. The summed E-state index contributed by atoms with van der Waals surface area (Å²) in [6.07, 6.45) is 0.472. The van der Waals surface area contributed by atoms with Crippen LogP contribution in [-0.4, -0.2) is 10.9 Å². The van der Waals surface area contributed by atoms with Gasteiger partial charge in [-0.05, 0) is 0 Å². The Balaban J connectivity index is 2.57. The van der Waals surface area contributed by atoms with E-state index in [0.29, 0.717) is 16.6 Å². The molecule has 0 saturated heterocycles. The zero-order valence-corrected chi connectivity index (χ0v) is 7.71. The van der Waals surface area contributed by atoms with E-state index in [1.165, 1.54) is 11.3 Å². The number of thiol groups is 1. The molecule has 0 aliphatic heterocycles. The summed E-state index contributed by atoms with van der Waals surface area (Å²) >= 11 is 5.41. The van der Waals surface area contributed by atoms with Crippen LogP contribution in [0.2, 0.25) is 0 Å². The molecule has 60 valence electrons. The quantitative estimate of drug-likeness (QED) is 0.695. The van der Waals surface area contributed by atoms with E-state index in [0.717, 1.165) is 0 Å². The van der Waals surface area contributed by atoms with Crippen molar-refractivity contribution in [2.75, 3.05) is 5.32 Å². The highest BCUT2D eigenvalue weighted by atomic mass is 32.2. The monoisotopic (exact) mass is 188 g/mol. The van der Waals surface area contributed by atoms with Gasteiger partial charge in [0, 0.05) is 11.8 Å². The van der Waals surface area contributed by atoms with Crippen molar-refractivity contribution in [3.63, 3.8) is 0 Å². The molecule has 0 unspecified atom stereocenters. The third-order valence-electron chi connectivity index (χ3n) is 1.08. The maximum absolute atomic E-state index is 10.8. The van der Waals surface area contributed by atoms with Gasteiger partial charge >= 0.3 is 0 Å². The Bertz CT molecular complexity index is 259. The zero-order valence-electron chi connectivity index (χ0n) is 6.00. The first-order valence-corrected chi connectivity index (χ1v) is 4.49. The first-order chi connectivity index (χ1) is 5.22. The number of carbonyl (C=O) groups is 1. The lowest BCUT2D eigenvalue weighted by Crippen LogP contribution is -2.09. The van der Waals surface area contributed by atoms with Crippen LogP contribution in [0.1, 0.15) is 13.3 Å².